The van der Waals surface area contributed by atoms with Gasteiger partial charge in [0.15, 0.2) is 0 Å². The molecule has 0 atom stereocenters. The van der Waals surface area contributed by atoms with Crippen molar-refractivity contribution in [3.05, 3.63) is 48.5 Å². The Balaban J connectivity index is 1.81. The molecule has 7 heteroatoms. The molecule has 0 unspecified atom stereocenters. The van der Waals surface area contributed by atoms with E-state index >= 15 is 0 Å². The van der Waals surface area contributed by atoms with Crippen LogP contribution in [-0.4, -0.2) is 12.2 Å². The normalized spacial score (nSPS) is 14.5. The van der Waals surface area contributed by atoms with Gasteiger partial charge in [-0.2, -0.15) is 13.2 Å². The Hall–Kier alpha value is -1.47. The number of thioether (sulfide) groups is 1. The lowest BCUT2D eigenvalue weighted by Gasteiger charge is -2.30. The Labute approximate surface area is 128 Å². The number of fused-ring (bicyclic) bond motifs is 1. The lowest BCUT2D eigenvalue weighted by molar-refractivity contribution is -0.0328. The molecule has 2 aromatic rings. The first-order chi connectivity index (χ1) is 10.0. The van der Waals surface area contributed by atoms with Crippen molar-refractivity contribution in [3.63, 3.8) is 0 Å². The van der Waals surface area contributed by atoms with Crippen LogP contribution in [0, 0.1) is 0 Å². The predicted octanol–water partition coefficient (Wildman–Crippen LogP) is 5.20. The second kappa shape index (κ2) is 5.73. The van der Waals surface area contributed by atoms with Crippen LogP contribution in [-0.2, 0) is 0 Å². The molecular weight excluding hydrogens is 317 g/mol. The Morgan fingerprint density at radius 3 is 2.71 bits per heavy atom. The lowest BCUT2D eigenvalue weighted by Crippen LogP contribution is -2.26. The van der Waals surface area contributed by atoms with Crippen LogP contribution in [0.25, 0.3) is 0 Å². The fourth-order valence-corrected chi connectivity index (χ4v) is 3.54. The summed E-state index contributed by atoms with van der Waals surface area (Å²) in [6.45, 7) is 0.543. The number of nitrogens with zero attached hydrogens (tertiary/aromatic N) is 1. The van der Waals surface area contributed by atoms with Gasteiger partial charge in [-0.05, 0) is 54.0 Å². The molecule has 2 nitrogen and oxygen atoms in total. The van der Waals surface area contributed by atoms with E-state index in [1.54, 1.807) is 12.1 Å². The van der Waals surface area contributed by atoms with Crippen LogP contribution >= 0.6 is 23.7 Å². The van der Waals surface area contributed by atoms with E-state index in [-0.39, 0.29) is 16.7 Å². The molecule has 0 spiro atoms. The first-order valence-corrected chi connectivity index (χ1v) is 7.74. The maximum Gasteiger partial charge on any atom is 0.446 e. The third-order valence-electron chi connectivity index (χ3n) is 2.85. The van der Waals surface area contributed by atoms with Gasteiger partial charge in [0.2, 0.25) is 0 Å². The van der Waals surface area contributed by atoms with Gasteiger partial charge in [-0.25, -0.2) is 0 Å². The monoisotopic (exact) mass is 328 g/mol. The number of hydrogen-bond acceptors (Lipinski definition) is 4. The number of anilines is 2. The first-order valence-electron chi connectivity index (χ1n) is 6.15. The average Bonchev–Trinajstić information content (AvgIpc) is 2.45. The summed E-state index contributed by atoms with van der Waals surface area (Å²) >= 11 is 1.43. The summed E-state index contributed by atoms with van der Waals surface area (Å²) < 4.78 is 39.3. The molecule has 0 radical (unpaired) electrons. The highest BCUT2D eigenvalue weighted by Gasteiger charge is 2.29. The SMILES string of the molecule is FC(F)(F)Sc1cccc(N2CNc3ccccc3S2)c1. The number of rotatable bonds is 2. The van der Waals surface area contributed by atoms with E-state index in [0.29, 0.717) is 6.67 Å². The molecule has 0 aromatic heterocycles. The molecule has 0 amide bonds. The van der Waals surface area contributed by atoms with E-state index in [1.807, 2.05) is 34.6 Å². The van der Waals surface area contributed by atoms with Crippen molar-refractivity contribution in [3.8, 4) is 0 Å². The minimum Gasteiger partial charge on any atom is -0.366 e. The Morgan fingerprint density at radius 1 is 1.10 bits per heavy atom. The maximum atomic E-state index is 12.4. The standard InChI is InChI=1S/C14H11F3N2S2/c15-14(16,17)20-11-5-3-4-10(8-11)19-9-18-12-6-1-2-7-13(12)21-19/h1-8,18H,9H2. The second-order valence-corrected chi connectivity index (χ2v) is 6.55. The molecule has 110 valence electrons. The van der Waals surface area contributed by atoms with Crippen molar-refractivity contribution in [2.45, 2.75) is 15.3 Å². The Morgan fingerprint density at radius 2 is 1.90 bits per heavy atom. The van der Waals surface area contributed by atoms with Crippen molar-refractivity contribution in [1.82, 2.24) is 0 Å². The fraction of sp³-hybridized carbons (Fsp3) is 0.143. The lowest BCUT2D eigenvalue weighted by atomic mass is 10.3. The zero-order valence-electron chi connectivity index (χ0n) is 10.7. The van der Waals surface area contributed by atoms with E-state index in [4.69, 9.17) is 0 Å². The number of benzene rings is 2. The third kappa shape index (κ3) is 3.59. The summed E-state index contributed by atoms with van der Waals surface area (Å²) in [5.41, 5.74) is -2.48. The Bertz CT molecular complexity index is 646. The van der Waals surface area contributed by atoms with Gasteiger partial charge in [0.05, 0.1) is 22.9 Å². The largest absolute Gasteiger partial charge is 0.446 e. The molecule has 0 saturated heterocycles. The van der Waals surface area contributed by atoms with Gasteiger partial charge >= 0.3 is 5.51 Å². The summed E-state index contributed by atoms with van der Waals surface area (Å²) in [7, 11) is 0. The molecule has 0 bridgehead atoms. The van der Waals surface area contributed by atoms with Crippen molar-refractivity contribution in [1.29, 1.82) is 0 Å². The zero-order chi connectivity index (χ0) is 14.9. The zero-order valence-corrected chi connectivity index (χ0v) is 12.4. The Kier molecular flexibility index (Phi) is 3.95. The quantitative estimate of drug-likeness (QED) is 0.602. The molecule has 1 aliphatic heterocycles. The molecule has 3 rings (SSSR count). The van der Waals surface area contributed by atoms with Crippen molar-refractivity contribution >= 4 is 35.1 Å². The van der Waals surface area contributed by atoms with Crippen LogP contribution in [0.2, 0.25) is 0 Å². The topological polar surface area (TPSA) is 15.3 Å². The van der Waals surface area contributed by atoms with Crippen molar-refractivity contribution in [2.24, 2.45) is 0 Å². The molecule has 0 aliphatic carbocycles. The minimum atomic E-state index is -4.27. The highest BCUT2D eigenvalue weighted by Crippen LogP contribution is 2.41. The van der Waals surface area contributed by atoms with Gasteiger partial charge < -0.3 is 5.32 Å². The molecule has 0 saturated carbocycles. The van der Waals surface area contributed by atoms with Gasteiger partial charge in [0.25, 0.3) is 0 Å². The molecule has 2 aromatic carbocycles. The first kappa shape index (κ1) is 14.5. The van der Waals surface area contributed by atoms with Crippen LogP contribution in [0.1, 0.15) is 0 Å². The van der Waals surface area contributed by atoms with E-state index in [1.165, 1.54) is 18.0 Å². The van der Waals surface area contributed by atoms with Crippen LogP contribution in [0.5, 0.6) is 0 Å². The highest BCUT2D eigenvalue weighted by molar-refractivity contribution is 8.01. The average molecular weight is 328 g/mol. The van der Waals surface area contributed by atoms with E-state index in [9.17, 15) is 13.2 Å². The van der Waals surface area contributed by atoms with Gasteiger partial charge in [-0.1, -0.05) is 18.2 Å². The number of halogens is 3. The second-order valence-electron chi connectivity index (χ2n) is 4.35. The summed E-state index contributed by atoms with van der Waals surface area (Å²) in [5.74, 6) is 0. The molecule has 0 fully saturated rings. The van der Waals surface area contributed by atoms with Gasteiger partial charge in [-0.15, -0.1) is 0 Å². The number of para-hydroxylation sites is 1. The summed E-state index contributed by atoms with van der Waals surface area (Å²) in [6, 6.07) is 14.3. The summed E-state index contributed by atoms with van der Waals surface area (Å²) in [4.78, 5) is 1.25. The number of alkyl halides is 3. The molecule has 1 heterocycles. The molecule has 1 N–H and O–H groups in total. The van der Waals surface area contributed by atoms with Crippen LogP contribution < -0.4 is 9.62 Å². The molecule has 21 heavy (non-hydrogen) atoms. The maximum absolute atomic E-state index is 12.4. The van der Waals surface area contributed by atoms with E-state index < -0.39 is 5.51 Å². The smallest absolute Gasteiger partial charge is 0.366 e. The molecular formula is C14H11F3N2S2. The number of hydrogen-bond donors (Lipinski definition) is 1. The van der Waals surface area contributed by atoms with Gasteiger partial charge in [-0.3, -0.25) is 4.31 Å². The summed E-state index contributed by atoms with van der Waals surface area (Å²) in [5, 5.41) is 3.25. The van der Waals surface area contributed by atoms with Crippen LogP contribution in [0.3, 0.4) is 0 Å². The van der Waals surface area contributed by atoms with Crippen LogP contribution in [0.4, 0.5) is 24.5 Å². The van der Waals surface area contributed by atoms with Gasteiger partial charge in [0.1, 0.15) is 0 Å². The predicted molar refractivity (Wildman–Crippen MR) is 81.6 cm³/mol. The van der Waals surface area contributed by atoms with E-state index in [0.717, 1.165) is 16.3 Å². The highest BCUT2D eigenvalue weighted by atomic mass is 32.2. The van der Waals surface area contributed by atoms with Crippen molar-refractivity contribution in [2.75, 3.05) is 16.3 Å². The van der Waals surface area contributed by atoms with Crippen LogP contribution in [0.15, 0.2) is 58.3 Å². The fourth-order valence-electron chi connectivity index (χ4n) is 1.98. The van der Waals surface area contributed by atoms with E-state index in [2.05, 4.69) is 5.32 Å². The number of nitrogens with one attached hydrogen (secondary N) is 1. The third-order valence-corrected chi connectivity index (χ3v) is 4.68. The molecule has 1 aliphatic rings. The van der Waals surface area contributed by atoms with Gasteiger partial charge in [0, 0.05) is 4.90 Å². The van der Waals surface area contributed by atoms with Crippen molar-refractivity contribution < 1.29 is 13.2 Å². The minimum absolute atomic E-state index is 0.0918. The summed E-state index contributed by atoms with van der Waals surface area (Å²) in [6.07, 6.45) is 0.